The van der Waals surface area contributed by atoms with Crippen molar-refractivity contribution >= 4 is 17.5 Å². The highest BCUT2D eigenvalue weighted by Gasteiger charge is 2.11. The van der Waals surface area contributed by atoms with Gasteiger partial charge in [0.2, 0.25) is 5.95 Å². The summed E-state index contributed by atoms with van der Waals surface area (Å²) in [4.78, 5) is 19.6. The minimum Gasteiger partial charge on any atom is -0.397 e. The molecule has 6 heteroatoms. The quantitative estimate of drug-likeness (QED) is 0.773. The molecule has 1 amide bonds. The van der Waals surface area contributed by atoms with Crippen LogP contribution in [0.3, 0.4) is 0 Å². The Morgan fingerprint density at radius 2 is 2.12 bits per heavy atom. The topological polar surface area (TPSA) is 85.8 Å². The number of amides is 1. The molecule has 2 rings (SSSR count). The van der Waals surface area contributed by atoms with Crippen LogP contribution in [0, 0.1) is 0 Å². The monoisotopic (exact) mass is 217 g/mol. The number of nitrogens with two attached hydrogens (primary N) is 1. The van der Waals surface area contributed by atoms with E-state index in [9.17, 15) is 4.79 Å². The number of carbonyl (C=O) groups excluding carboxylic acids is 1. The van der Waals surface area contributed by atoms with Crippen molar-refractivity contribution in [2.24, 2.45) is 7.05 Å². The molecule has 6 nitrogen and oxygen atoms in total. The molecular formula is C10H11N5O. The van der Waals surface area contributed by atoms with Gasteiger partial charge in [0, 0.05) is 25.6 Å². The Kier molecular flexibility index (Phi) is 2.55. The van der Waals surface area contributed by atoms with Crippen LogP contribution in [-0.4, -0.2) is 20.4 Å². The Balaban J connectivity index is 2.18. The minimum absolute atomic E-state index is 0.271. The van der Waals surface area contributed by atoms with Crippen molar-refractivity contribution in [2.75, 3.05) is 11.1 Å². The molecule has 2 aromatic rings. The third kappa shape index (κ3) is 2.00. The highest BCUT2D eigenvalue weighted by atomic mass is 16.2. The maximum Gasteiger partial charge on any atom is 0.274 e. The number of nitrogens with one attached hydrogen (secondary N) is 1. The Bertz CT molecular complexity index is 505. The lowest BCUT2D eigenvalue weighted by atomic mass is 10.4. The number of rotatable bonds is 2. The predicted octanol–water partition coefficient (Wildman–Crippen LogP) is 0.650. The average Bonchev–Trinajstić information content (AvgIpc) is 2.59. The van der Waals surface area contributed by atoms with E-state index in [4.69, 9.17) is 5.73 Å². The van der Waals surface area contributed by atoms with Crippen LogP contribution in [0.1, 0.15) is 10.5 Å². The molecule has 16 heavy (non-hydrogen) atoms. The number of hydrogen-bond acceptors (Lipinski definition) is 4. The molecule has 0 spiro atoms. The number of nitrogens with zero attached hydrogens (tertiary/aromatic N) is 3. The fourth-order valence-electron chi connectivity index (χ4n) is 1.35. The number of anilines is 2. The number of carbonyl (C=O) groups is 1. The number of nitrogen functional groups attached to an aromatic ring is 1. The van der Waals surface area contributed by atoms with E-state index in [1.807, 2.05) is 0 Å². The van der Waals surface area contributed by atoms with Gasteiger partial charge in [0.05, 0.1) is 5.69 Å². The molecule has 0 atom stereocenters. The third-order valence-electron chi connectivity index (χ3n) is 2.05. The standard InChI is InChI=1S/C10H11N5O/c1-15-6-7(11)5-8(15)9(16)14-10-12-3-2-4-13-10/h2-6H,11H2,1H3,(H,12,13,14,16). The Labute approximate surface area is 92.1 Å². The molecule has 0 saturated heterocycles. The molecule has 2 aromatic heterocycles. The van der Waals surface area contributed by atoms with Gasteiger partial charge in [-0.25, -0.2) is 9.97 Å². The van der Waals surface area contributed by atoms with Crippen molar-refractivity contribution in [3.63, 3.8) is 0 Å². The highest BCUT2D eigenvalue weighted by Crippen LogP contribution is 2.10. The van der Waals surface area contributed by atoms with Crippen molar-refractivity contribution in [2.45, 2.75) is 0 Å². The molecule has 0 aliphatic heterocycles. The summed E-state index contributed by atoms with van der Waals surface area (Å²) in [5.41, 5.74) is 6.58. The van der Waals surface area contributed by atoms with Gasteiger partial charge in [-0.1, -0.05) is 0 Å². The summed E-state index contributed by atoms with van der Waals surface area (Å²) in [6, 6.07) is 3.27. The van der Waals surface area contributed by atoms with Crippen molar-refractivity contribution in [3.8, 4) is 0 Å². The first-order valence-electron chi connectivity index (χ1n) is 4.67. The van der Waals surface area contributed by atoms with Gasteiger partial charge in [-0.15, -0.1) is 0 Å². The summed E-state index contributed by atoms with van der Waals surface area (Å²) in [6.45, 7) is 0. The SMILES string of the molecule is Cn1cc(N)cc1C(=O)Nc1ncccn1. The number of aromatic nitrogens is 3. The lowest BCUT2D eigenvalue weighted by molar-refractivity contribution is 0.101. The summed E-state index contributed by atoms with van der Waals surface area (Å²) in [5.74, 6) is -0.0160. The van der Waals surface area contributed by atoms with Crippen molar-refractivity contribution in [1.29, 1.82) is 0 Å². The average molecular weight is 217 g/mol. The molecule has 0 fully saturated rings. The third-order valence-corrected chi connectivity index (χ3v) is 2.05. The van der Waals surface area contributed by atoms with E-state index in [2.05, 4.69) is 15.3 Å². The molecule has 0 bridgehead atoms. The fraction of sp³-hybridized carbons (Fsp3) is 0.100. The first-order chi connectivity index (χ1) is 7.66. The van der Waals surface area contributed by atoms with Crippen molar-refractivity contribution in [3.05, 3.63) is 36.4 Å². The molecule has 0 unspecified atom stereocenters. The van der Waals surface area contributed by atoms with Crippen LogP contribution in [0.15, 0.2) is 30.7 Å². The Hall–Kier alpha value is -2.37. The summed E-state index contributed by atoms with van der Waals surface area (Å²) >= 11 is 0. The lowest BCUT2D eigenvalue weighted by Gasteiger charge is -2.03. The van der Waals surface area contributed by atoms with Gasteiger partial charge in [0.15, 0.2) is 0 Å². The van der Waals surface area contributed by atoms with Crippen LogP contribution < -0.4 is 11.1 Å². The van der Waals surface area contributed by atoms with Crippen LogP contribution in [0.5, 0.6) is 0 Å². The molecule has 0 radical (unpaired) electrons. The lowest BCUT2D eigenvalue weighted by Crippen LogP contribution is -2.16. The van der Waals surface area contributed by atoms with E-state index >= 15 is 0 Å². The number of aryl methyl sites for hydroxylation is 1. The first-order valence-corrected chi connectivity index (χ1v) is 4.67. The van der Waals surface area contributed by atoms with Crippen LogP contribution >= 0.6 is 0 Å². The summed E-state index contributed by atoms with van der Waals surface area (Å²) < 4.78 is 1.65. The largest absolute Gasteiger partial charge is 0.397 e. The molecule has 3 N–H and O–H groups in total. The van der Waals surface area contributed by atoms with E-state index in [-0.39, 0.29) is 11.9 Å². The van der Waals surface area contributed by atoms with E-state index < -0.39 is 0 Å². The van der Waals surface area contributed by atoms with Gasteiger partial charge < -0.3 is 10.3 Å². The second-order valence-electron chi connectivity index (χ2n) is 3.30. The van der Waals surface area contributed by atoms with Crippen LogP contribution in [0.2, 0.25) is 0 Å². The second kappa shape index (κ2) is 4.01. The van der Waals surface area contributed by atoms with E-state index in [0.717, 1.165) is 0 Å². The summed E-state index contributed by atoms with van der Waals surface area (Å²) in [5, 5.41) is 2.57. The summed E-state index contributed by atoms with van der Waals surface area (Å²) in [6.07, 6.45) is 4.78. The maximum atomic E-state index is 11.8. The first kappa shape index (κ1) is 10.2. The minimum atomic E-state index is -0.287. The zero-order valence-corrected chi connectivity index (χ0v) is 8.71. The number of hydrogen-bond donors (Lipinski definition) is 2. The molecule has 0 saturated carbocycles. The molecule has 0 aliphatic carbocycles. The van der Waals surface area contributed by atoms with Crippen LogP contribution in [0.4, 0.5) is 11.6 Å². The van der Waals surface area contributed by atoms with Crippen molar-refractivity contribution in [1.82, 2.24) is 14.5 Å². The van der Waals surface area contributed by atoms with Gasteiger partial charge in [0.1, 0.15) is 5.69 Å². The zero-order chi connectivity index (χ0) is 11.5. The normalized spacial score (nSPS) is 10.1. The molecule has 2 heterocycles. The summed E-state index contributed by atoms with van der Waals surface area (Å²) in [7, 11) is 1.75. The van der Waals surface area contributed by atoms with Gasteiger partial charge in [-0.2, -0.15) is 0 Å². The van der Waals surface area contributed by atoms with Crippen LogP contribution in [0.25, 0.3) is 0 Å². The van der Waals surface area contributed by atoms with Gasteiger partial charge in [-0.05, 0) is 12.1 Å². The molecule has 82 valence electrons. The van der Waals surface area contributed by atoms with Crippen LogP contribution in [-0.2, 0) is 7.05 Å². The molecule has 0 aromatic carbocycles. The van der Waals surface area contributed by atoms with Gasteiger partial charge >= 0.3 is 0 Å². The fourth-order valence-corrected chi connectivity index (χ4v) is 1.35. The van der Waals surface area contributed by atoms with E-state index in [0.29, 0.717) is 11.4 Å². The van der Waals surface area contributed by atoms with Crippen molar-refractivity contribution < 1.29 is 4.79 Å². The second-order valence-corrected chi connectivity index (χ2v) is 3.30. The van der Waals surface area contributed by atoms with E-state index in [1.165, 1.54) is 0 Å². The molecular weight excluding hydrogens is 206 g/mol. The van der Waals surface area contributed by atoms with Gasteiger partial charge in [-0.3, -0.25) is 10.1 Å². The smallest absolute Gasteiger partial charge is 0.274 e. The predicted molar refractivity (Wildman–Crippen MR) is 59.8 cm³/mol. The molecule has 0 aliphatic rings. The Morgan fingerprint density at radius 3 is 2.69 bits per heavy atom. The maximum absolute atomic E-state index is 11.8. The van der Waals surface area contributed by atoms with E-state index in [1.54, 1.807) is 42.3 Å². The van der Waals surface area contributed by atoms with Gasteiger partial charge in [0.25, 0.3) is 5.91 Å². The zero-order valence-electron chi connectivity index (χ0n) is 8.71. The Morgan fingerprint density at radius 1 is 1.44 bits per heavy atom. The highest BCUT2D eigenvalue weighted by molar-refractivity contribution is 6.02.